The normalized spacial score (nSPS) is 24.9. The van der Waals surface area contributed by atoms with Gasteiger partial charge in [-0.25, -0.2) is 0 Å². The van der Waals surface area contributed by atoms with E-state index < -0.39 is 18.2 Å². The minimum absolute atomic E-state index is 0.0852. The molecule has 0 spiro atoms. The van der Waals surface area contributed by atoms with E-state index >= 15 is 0 Å². The van der Waals surface area contributed by atoms with Crippen molar-refractivity contribution in [3.05, 3.63) is 48.6 Å². The van der Waals surface area contributed by atoms with Gasteiger partial charge in [0.1, 0.15) is 5.78 Å². The molecule has 0 amide bonds. The van der Waals surface area contributed by atoms with Crippen molar-refractivity contribution in [2.75, 3.05) is 0 Å². The highest BCUT2D eigenvalue weighted by Crippen LogP contribution is 2.33. The Balaban J connectivity index is 2.40. The van der Waals surface area contributed by atoms with E-state index in [1.165, 1.54) is 0 Å². The highest BCUT2D eigenvalue weighted by atomic mass is 16.4. The topological polar surface area (TPSA) is 94.8 Å². The van der Waals surface area contributed by atoms with E-state index in [2.05, 4.69) is 0 Å². The van der Waals surface area contributed by atoms with Gasteiger partial charge < -0.3 is 15.3 Å². The second-order valence-corrected chi connectivity index (χ2v) is 6.84. The molecule has 0 unspecified atom stereocenters. The van der Waals surface area contributed by atoms with Crippen LogP contribution in [0.2, 0.25) is 0 Å². The third-order valence-electron chi connectivity index (χ3n) is 4.59. The molecule has 0 aromatic rings. The molecule has 1 rings (SSSR count). The van der Waals surface area contributed by atoms with Crippen LogP contribution in [0.1, 0.15) is 51.9 Å². The Hall–Kier alpha value is -1.98. The molecule has 0 aliphatic heterocycles. The standard InChI is InChI=1S/C22H32O5/c1-2-3-8-12-18-19(21(25)16-20(18)24)15-14-17(23)11-9-6-4-5-7-10-13-22(26)27/h3,5-9,14-15,17-19,21,23,25H,2,4,10-13,16H2,1H3,(H,26,27)/b7-5-,8-3-,9-6-,15-14+/t17-,18+,19+,21-/m1/s1. The average molecular weight is 376 g/mol. The molecular formula is C22H32O5. The first-order valence-corrected chi connectivity index (χ1v) is 9.69. The number of carboxylic acids is 1. The van der Waals surface area contributed by atoms with Gasteiger partial charge >= 0.3 is 5.97 Å². The van der Waals surface area contributed by atoms with Crippen LogP contribution in [0.5, 0.6) is 0 Å². The maximum atomic E-state index is 12.0. The van der Waals surface area contributed by atoms with Gasteiger partial charge in [0.25, 0.3) is 0 Å². The third-order valence-corrected chi connectivity index (χ3v) is 4.59. The number of hydrogen-bond acceptors (Lipinski definition) is 4. The Morgan fingerprint density at radius 1 is 1.19 bits per heavy atom. The number of carbonyl (C=O) groups excluding carboxylic acids is 1. The summed E-state index contributed by atoms with van der Waals surface area (Å²) in [7, 11) is 0. The molecular weight excluding hydrogens is 344 g/mol. The highest BCUT2D eigenvalue weighted by Gasteiger charge is 2.39. The lowest BCUT2D eigenvalue weighted by molar-refractivity contribution is -0.136. The molecule has 27 heavy (non-hydrogen) atoms. The van der Waals surface area contributed by atoms with Crippen molar-refractivity contribution in [1.82, 2.24) is 0 Å². The summed E-state index contributed by atoms with van der Waals surface area (Å²) < 4.78 is 0. The van der Waals surface area contributed by atoms with Gasteiger partial charge in [-0.15, -0.1) is 0 Å². The Kier molecular flexibility index (Phi) is 11.3. The predicted octanol–water partition coefficient (Wildman–Crippen LogP) is 3.58. The minimum Gasteiger partial charge on any atom is -0.481 e. The number of hydrogen-bond donors (Lipinski definition) is 3. The van der Waals surface area contributed by atoms with Crippen LogP contribution in [-0.4, -0.2) is 39.3 Å². The SMILES string of the molecule is CC/C=C\C[C@@H]1C(=O)C[C@@H](O)[C@H]1/C=C/[C@H](O)C/C=C\C/C=C\CCC(=O)O. The minimum atomic E-state index is -0.803. The number of aliphatic hydroxyl groups is 2. The fourth-order valence-corrected chi connectivity index (χ4v) is 3.10. The van der Waals surface area contributed by atoms with Crippen molar-refractivity contribution in [3.63, 3.8) is 0 Å². The van der Waals surface area contributed by atoms with E-state index in [0.29, 0.717) is 25.7 Å². The quantitative estimate of drug-likeness (QED) is 0.453. The number of ketones is 1. The molecule has 4 atom stereocenters. The van der Waals surface area contributed by atoms with Gasteiger partial charge in [0.2, 0.25) is 0 Å². The summed E-state index contributed by atoms with van der Waals surface area (Å²) >= 11 is 0. The maximum absolute atomic E-state index is 12.0. The number of aliphatic carboxylic acids is 1. The first-order valence-electron chi connectivity index (χ1n) is 9.69. The van der Waals surface area contributed by atoms with Gasteiger partial charge in [-0.05, 0) is 32.1 Å². The van der Waals surface area contributed by atoms with E-state index in [9.17, 15) is 19.8 Å². The van der Waals surface area contributed by atoms with Crippen molar-refractivity contribution in [3.8, 4) is 0 Å². The second kappa shape index (κ2) is 13.2. The highest BCUT2D eigenvalue weighted by molar-refractivity contribution is 5.84. The summed E-state index contributed by atoms with van der Waals surface area (Å²) in [5.41, 5.74) is 0. The molecule has 0 heterocycles. The zero-order chi connectivity index (χ0) is 20.1. The molecule has 0 bridgehead atoms. The molecule has 150 valence electrons. The van der Waals surface area contributed by atoms with Gasteiger partial charge in [0.15, 0.2) is 0 Å². The van der Waals surface area contributed by atoms with Crippen molar-refractivity contribution < 1.29 is 24.9 Å². The number of Topliss-reactive ketones (excluding diaryl/α,β-unsaturated/α-hetero) is 1. The lowest BCUT2D eigenvalue weighted by Crippen LogP contribution is -2.18. The van der Waals surface area contributed by atoms with Gasteiger partial charge in [-0.2, -0.15) is 0 Å². The van der Waals surface area contributed by atoms with E-state index in [1.807, 2.05) is 43.4 Å². The summed E-state index contributed by atoms with van der Waals surface area (Å²) in [5, 5.41) is 28.7. The molecule has 0 aromatic carbocycles. The second-order valence-electron chi connectivity index (χ2n) is 6.84. The molecule has 1 aliphatic carbocycles. The van der Waals surface area contributed by atoms with Gasteiger partial charge in [-0.3, -0.25) is 9.59 Å². The van der Waals surface area contributed by atoms with Crippen LogP contribution in [0, 0.1) is 11.8 Å². The summed E-state index contributed by atoms with van der Waals surface area (Å²) in [4.78, 5) is 22.4. The molecule has 5 nitrogen and oxygen atoms in total. The summed E-state index contributed by atoms with van der Waals surface area (Å²) in [6, 6.07) is 0. The van der Waals surface area contributed by atoms with Crippen molar-refractivity contribution in [2.24, 2.45) is 11.8 Å². The largest absolute Gasteiger partial charge is 0.481 e. The molecule has 0 radical (unpaired) electrons. The van der Waals surface area contributed by atoms with Crippen LogP contribution in [-0.2, 0) is 9.59 Å². The lowest BCUT2D eigenvalue weighted by atomic mass is 9.90. The maximum Gasteiger partial charge on any atom is 0.303 e. The molecule has 5 heteroatoms. The molecule has 1 aliphatic rings. The van der Waals surface area contributed by atoms with Crippen LogP contribution in [0.4, 0.5) is 0 Å². The Labute approximate surface area is 161 Å². The van der Waals surface area contributed by atoms with E-state index in [-0.39, 0.29) is 30.5 Å². The predicted molar refractivity (Wildman–Crippen MR) is 106 cm³/mol. The van der Waals surface area contributed by atoms with Crippen LogP contribution >= 0.6 is 0 Å². The van der Waals surface area contributed by atoms with E-state index in [0.717, 1.165) is 6.42 Å². The number of carboxylic acid groups (broad SMARTS) is 1. The molecule has 3 N–H and O–H groups in total. The molecule has 0 saturated heterocycles. The average Bonchev–Trinajstić information content (AvgIpc) is 2.88. The van der Waals surface area contributed by atoms with Gasteiger partial charge in [0.05, 0.1) is 12.2 Å². The van der Waals surface area contributed by atoms with Gasteiger partial charge in [0, 0.05) is 24.7 Å². The molecule has 0 aromatic heterocycles. The first-order chi connectivity index (χ1) is 13.0. The van der Waals surface area contributed by atoms with Crippen LogP contribution in [0.3, 0.4) is 0 Å². The Morgan fingerprint density at radius 3 is 2.63 bits per heavy atom. The Bertz CT molecular complexity index is 573. The fraction of sp³-hybridized carbons (Fsp3) is 0.545. The fourth-order valence-electron chi connectivity index (χ4n) is 3.10. The number of rotatable bonds is 12. The third kappa shape index (κ3) is 9.50. The number of carbonyl (C=O) groups is 2. The van der Waals surface area contributed by atoms with Crippen molar-refractivity contribution >= 4 is 11.8 Å². The first kappa shape index (κ1) is 23.1. The van der Waals surface area contributed by atoms with Gasteiger partial charge in [-0.1, -0.05) is 55.5 Å². The zero-order valence-electron chi connectivity index (χ0n) is 16.0. The molecule has 1 saturated carbocycles. The Morgan fingerprint density at radius 2 is 1.93 bits per heavy atom. The van der Waals surface area contributed by atoms with Crippen molar-refractivity contribution in [2.45, 2.75) is 64.1 Å². The van der Waals surface area contributed by atoms with Crippen LogP contribution in [0.15, 0.2) is 48.6 Å². The van der Waals surface area contributed by atoms with Crippen LogP contribution in [0.25, 0.3) is 0 Å². The molecule has 1 fully saturated rings. The summed E-state index contributed by atoms with van der Waals surface area (Å²) in [5.74, 6) is -1.17. The lowest BCUT2D eigenvalue weighted by Gasteiger charge is -2.16. The zero-order valence-corrected chi connectivity index (χ0v) is 16.0. The number of allylic oxidation sites excluding steroid dienone is 5. The summed E-state index contributed by atoms with van der Waals surface area (Å²) in [6.07, 6.45) is 17.2. The van der Waals surface area contributed by atoms with Crippen LogP contribution < -0.4 is 0 Å². The monoisotopic (exact) mass is 376 g/mol. The number of aliphatic hydroxyl groups excluding tert-OH is 2. The van der Waals surface area contributed by atoms with E-state index in [4.69, 9.17) is 5.11 Å². The smallest absolute Gasteiger partial charge is 0.303 e. The van der Waals surface area contributed by atoms with E-state index in [1.54, 1.807) is 12.2 Å². The van der Waals surface area contributed by atoms with Crippen molar-refractivity contribution in [1.29, 1.82) is 0 Å². The summed E-state index contributed by atoms with van der Waals surface area (Å²) in [6.45, 7) is 2.04.